The van der Waals surface area contributed by atoms with Crippen LogP contribution in [0.2, 0.25) is 0 Å². The Hall–Kier alpha value is -2.23. The Balaban J connectivity index is 1.81. The monoisotopic (exact) mass is 311 g/mol. The van der Waals surface area contributed by atoms with Crippen LogP contribution in [0.3, 0.4) is 0 Å². The first-order valence-electron chi connectivity index (χ1n) is 8.55. The Morgan fingerprint density at radius 2 is 2.00 bits per heavy atom. The van der Waals surface area contributed by atoms with Crippen molar-refractivity contribution in [2.45, 2.75) is 45.7 Å². The van der Waals surface area contributed by atoms with Gasteiger partial charge >= 0.3 is 6.03 Å². The SMILES string of the molecule is CCCC1c2cccn2CCN1C(=O)Nc1ccccc1CC. The molecule has 1 aliphatic rings. The topological polar surface area (TPSA) is 37.3 Å². The number of carbonyl (C=O) groups is 1. The van der Waals surface area contributed by atoms with Gasteiger partial charge in [0.1, 0.15) is 0 Å². The molecule has 0 saturated carbocycles. The van der Waals surface area contributed by atoms with E-state index in [0.717, 1.165) is 38.0 Å². The normalized spacial score (nSPS) is 17.0. The van der Waals surface area contributed by atoms with Crippen LogP contribution in [0.4, 0.5) is 10.5 Å². The average Bonchev–Trinajstić information content (AvgIpc) is 3.05. The highest BCUT2D eigenvalue weighted by molar-refractivity contribution is 5.90. The quantitative estimate of drug-likeness (QED) is 0.890. The van der Waals surface area contributed by atoms with E-state index in [-0.39, 0.29) is 12.1 Å². The lowest BCUT2D eigenvalue weighted by molar-refractivity contribution is 0.163. The Bertz CT molecular complexity index is 677. The molecule has 4 nitrogen and oxygen atoms in total. The largest absolute Gasteiger partial charge is 0.348 e. The number of carbonyl (C=O) groups excluding carboxylic acids is 1. The third kappa shape index (κ3) is 3.11. The number of hydrogen-bond donors (Lipinski definition) is 1. The molecular formula is C19H25N3O. The number of nitrogens with zero attached hydrogens (tertiary/aromatic N) is 2. The van der Waals surface area contributed by atoms with Gasteiger partial charge in [-0.15, -0.1) is 0 Å². The molecule has 0 fully saturated rings. The van der Waals surface area contributed by atoms with Crippen molar-refractivity contribution in [2.24, 2.45) is 0 Å². The van der Waals surface area contributed by atoms with Crippen LogP contribution < -0.4 is 5.32 Å². The molecule has 1 N–H and O–H groups in total. The van der Waals surface area contributed by atoms with Crippen molar-refractivity contribution in [3.63, 3.8) is 0 Å². The second kappa shape index (κ2) is 6.90. The lowest BCUT2D eigenvalue weighted by Crippen LogP contribution is -2.44. The van der Waals surface area contributed by atoms with Crippen molar-refractivity contribution >= 4 is 11.7 Å². The summed E-state index contributed by atoms with van der Waals surface area (Å²) < 4.78 is 2.27. The first-order valence-corrected chi connectivity index (χ1v) is 8.55. The molecule has 4 heteroatoms. The van der Waals surface area contributed by atoms with Gasteiger partial charge in [0.25, 0.3) is 0 Å². The lowest BCUT2D eigenvalue weighted by Gasteiger charge is -2.37. The number of anilines is 1. The molecule has 23 heavy (non-hydrogen) atoms. The number of aryl methyl sites for hydroxylation is 1. The van der Waals surface area contributed by atoms with Crippen LogP contribution in [0, 0.1) is 0 Å². The van der Waals surface area contributed by atoms with Gasteiger partial charge in [-0.25, -0.2) is 4.79 Å². The third-order valence-electron chi connectivity index (χ3n) is 4.63. The minimum Gasteiger partial charge on any atom is -0.348 e. The summed E-state index contributed by atoms with van der Waals surface area (Å²) in [6.45, 7) is 5.90. The molecule has 2 heterocycles. The van der Waals surface area contributed by atoms with Crippen LogP contribution in [0.5, 0.6) is 0 Å². The molecule has 0 saturated heterocycles. The molecule has 3 rings (SSSR count). The molecule has 1 unspecified atom stereocenters. The molecule has 0 radical (unpaired) electrons. The molecule has 2 amide bonds. The predicted octanol–water partition coefficient (Wildman–Crippen LogP) is 4.44. The summed E-state index contributed by atoms with van der Waals surface area (Å²) in [6, 6.07) is 12.4. The summed E-state index contributed by atoms with van der Waals surface area (Å²) in [5.74, 6) is 0. The summed E-state index contributed by atoms with van der Waals surface area (Å²) in [4.78, 5) is 14.8. The Labute approximate surface area is 138 Å². The number of amides is 2. The van der Waals surface area contributed by atoms with Crippen molar-refractivity contribution in [3.8, 4) is 0 Å². The first kappa shape index (κ1) is 15.7. The number of para-hydroxylation sites is 1. The van der Waals surface area contributed by atoms with Crippen LogP contribution in [-0.4, -0.2) is 22.0 Å². The second-order valence-corrected chi connectivity index (χ2v) is 6.07. The average molecular weight is 311 g/mol. The number of urea groups is 1. The summed E-state index contributed by atoms with van der Waals surface area (Å²) >= 11 is 0. The smallest absolute Gasteiger partial charge is 0.322 e. The van der Waals surface area contributed by atoms with Crippen LogP contribution in [0.15, 0.2) is 42.6 Å². The van der Waals surface area contributed by atoms with Gasteiger partial charge in [-0.1, -0.05) is 38.5 Å². The van der Waals surface area contributed by atoms with Crippen molar-refractivity contribution in [3.05, 3.63) is 53.9 Å². The highest BCUT2D eigenvalue weighted by Crippen LogP contribution is 2.30. The fourth-order valence-electron chi connectivity index (χ4n) is 3.42. The molecule has 0 bridgehead atoms. The van der Waals surface area contributed by atoms with E-state index in [0.29, 0.717) is 0 Å². The van der Waals surface area contributed by atoms with E-state index in [2.05, 4.69) is 48.1 Å². The van der Waals surface area contributed by atoms with Crippen LogP contribution >= 0.6 is 0 Å². The summed E-state index contributed by atoms with van der Waals surface area (Å²) in [5.41, 5.74) is 3.35. The zero-order valence-corrected chi connectivity index (χ0v) is 14.0. The molecule has 0 spiro atoms. The van der Waals surface area contributed by atoms with Crippen molar-refractivity contribution in [1.29, 1.82) is 0 Å². The predicted molar refractivity (Wildman–Crippen MR) is 93.6 cm³/mol. The molecule has 0 aliphatic carbocycles. The Morgan fingerprint density at radius 1 is 1.17 bits per heavy atom. The maximum absolute atomic E-state index is 12.9. The van der Waals surface area contributed by atoms with Gasteiger partial charge in [-0.2, -0.15) is 0 Å². The minimum atomic E-state index is 0.0109. The van der Waals surface area contributed by atoms with E-state index in [4.69, 9.17) is 0 Å². The molecular weight excluding hydrogens is 286 g/mol. The van der Waals surface area contributed by atoms with E-state index in [1.807, 2.05) is 23.1 Å². The van der Waals surface area contributed by atoms with E-state index in [9.17, 15) is 4.79 Å². The van der Waals surface area contributed by atoms with Crippen LogP contribution in [0.25, 0.3) is 0 Å². The maximum atomic E-state index is 12.9. The highest BCUT2D eigenvalue weighted by atomic mass is 16.2. The van der Waals surface area contributed by atoms with Crippen LogP contribution in [0.1, 0.15) is 44.0 Å². The zero-order chi connectivity index (χ0) is 16.2. The number of benzene rings is 1. The molecule has 2 aromatic rings. The van der Waals surface area contributed by atoms with E-state index < -0.39 is 0 Å². The lowest BCUT2D eigenvalue weighted by atomic mass is 10.0. The van der Waals surface area contributed by atoms with Crippen molar-refractivity contribution < 1.29 is 4.79 Å². The standard InChI is InChI=1S/C19H25N3O/c1-3-8-18-17-11-7-12-21(17)13-14-22(18)19(23)20-16-10-6-5-9-15(16)4-2/h5-7,9-12,18H,3-4,8,13-14H2,1-2H3,(H,20,23). The summed E-state index contributed by atoms with van der Waals surface area (Å²) in [6.07, 6.45) is 5.08. The maximum Gasteiger partial charge on any atom is 0.322 e. The number of rotatable bonds is 4. The second-order valence-electron chi connectivity index (χ2n) is 6.07. The van der Waals surface area contributed by atoms with Gasteiger partial charge in [0.2, 0.25) is 0 Å². The Kier molecular flexibility index (Phi) is 4.70. The number of fused-ring (bicyclic) bond motifs is 1. The van der Waals surface area contributed by atoms with Gasteiger partial charge in [-0.05, 0) is 36.6 Å². The molecule has 122 valence electrons. The van der Waals surface area contributed by atoms with Gasteiger partial charge in [0, 0.05) is 30.7 Å². The van der Waals surface area contributed by atoms with E-state index >= 15 is 0 Å². The summed E-state index contributed by atoms with van der Waals surface area (Å²) in [5, 5.41) is 3.12. The van der Waals surface area contributed by atoms with Gasteiger partial charge in [0.05, 0.1) is 6.04 Å². The fraction of sp³-hybridized carbons (Fsp3) is 0.421. The van der Waals surface area contributed by atoms with Crippen LogP contribution in [-0.2, 0) is 13.0 Å². The first-order chi connectivity index (χ1) is 11.2. The van der Waals surface area contributed by atoms with Gasteiger partial charge in [-0.3, -0.25) is 0 Å². The minimum absolute atomic E-state index is 0.0109. The van der Waals surface area contributed by atoms with Crippen molar-refractivity contribution in [2.75, 3.05) is 11.9 Å². The zero-order valence-electron chi connectivity index (χ0n) is 14.0. The molecule has 1 aromatic carbocycles. The Morgan fingerprint density at radius 3 is 2.78 bits per heavy atom. The number of hydrogen-bond acceptors (Lipinski definition) is 1. The van der Waals surface area contributed by atoms with Gasteiger partial charge in [0.15, 0.2) is 0 Å². The molecule has 1 atom stereocenters. The summed E-state index contributed by atoms with van der Waals surface area (Å²) in [7, 11) is 0. The molecule has 1 aromatic heterocycles. The highest BCUT2D eigenvalue weighted by Gasteiger charge is 2.30. The van der Waals surface area contributed by atoms with Crippen molar-refractivity contribution in [1.82, 2.24) is 9.47 Å². The third-order valence-corrected chi connectivity index (χ3v) is 4.63. The molecule has 1 aliphatic heterocycles. The number of aromatic nitrogens is 1. The number of nitrogens with one attached hydrogen (secondary N) is 1. The van der Waals surface area contributed by atoms with E-state index in [1.54, 1.807) is 0 Å². The van der Waals surface area contributed by atoms with E-state index in [1.165, 1.54) is 11.3 Å². The van der Waals surface area contributed by atoms with Gasteiger partial charge < -0.3 is 14.8 Å². The fourth-order valence-corrected chi connectivity index (χ4v) is 3.42.